The fourth-order valence-electron chi connectivity index (χ4n) is 3.63. The van der Waals surface area contributed by atoms with Gasteiger partial charge in [0.05, 0.1) is 6.10 Å². The molecule has 120 valence electrons. The summed E-state index contributed by atoms with van der Waals surface area (Å²) in [5.41, 5.74) is 2.22. The summed E-state index contributed by atoms with van der Waals surface area (Å²) >= 11 is 0. The largest absolute Gasteiger partial charge is 0.459 e. The van der Waals surface area contributed by atoms with E-state index < -0.39 is 12.2 Å². The van der Waals surface area contributed by atoms with E-state index in [0.29, 0.717) is 0 Å². The first-order valence-electron chi connectivity index (χ1n) is 8.12. The van der Waals surface area contributed by atoms with Gasteiger partial charge in [-0.25, -0.2) is 0 Å². The van der Waals surface area contributed by atoms with Gasteiger partial charge in [0.15, 0.2) is 0 Å². The zero-order chi connectivity index (χ0) is 16.2. The minimum Gasteiger partial charge on any atom is -0.459 e. The number of hydrogen-bond donors (Lipinski definition) is 1. The lowest BCUT2D eigenvalue weighted by molar-refractivity contribution is -0.158. The van der Waals surface area contributed by atoms with Crippen LogP contribution in [0, 0.1) is 0 Å². The number of benzene rings is 2. The van der Waals surface area contributed by atoms with Crippen molar-refractivity contribution in [3.8, 4) is 0 Å². The third-order valence-electron chi connectivity index (χ3n) is 4.69. The van der Waals surface area contributed by atoms with Crippen LogP contribution in [0.1, 0.15) is 42.7 Å². The highest BCUT2D eigenvalue weighted by Crippen LogP contribution is 2.42. The van der Waals surface area contributed by atoms with Crippen molar-refractivity contribution in [1.82, 2.24) is 0 Å². The molecule has 2 aromatic rings. The summed E-state index contributed by atoms with van der Waals surface area (Å²) < 4.78 is 5.53. The monoisotopic (exact) mass is 310 g/mol. The molecular weight excluding hydrogens is 288 g/mol. The van der Waals surface area contributed by atoms with Gasteiger partial charge in [0.25, 0.3) is 0 Å². The first kappa shape index (κ1) is 15.8. The second-order valence-corrected chi connectivity index (χ2v) is 6.18. The van der Waals surface area contributed by atoms with Crippen LogP contribution >= 0.6 is 0 Å². The molecule has 1 aliphatic carbocycles. The third-order valence-corrected chi connectivity index (χ3v) is 4.69. The van der Waals surface area contributed by atoms with Crippen LogP contribution in [0.3, 0.4) is 0 Å². The Kier molecular flexibility index (Phi) is 4.77. The van der Waals surface area contributed by atoms with Gasteiger partial charge in [-0.2, -0.15) is 0 Å². The Bertz CT molecular complexity index is 638. The number of rotatable bonds is 3. The van der Waals surface area contributed by atoms with E-state index in [4.69, 9.17) is 4.74 Å². The van der Waals surface area contributed by atoms with E-state index in [1.165, 1.54) is 6.92 Å². The number of carbonyl (C=O) groups excluding carboxylic acids is 1. The Morgan fingerprint density at radius 1 is 0.913 bits per heavy atom. The molecule has 0 amide bonds. The van der Waals surface area contributed by atoms with Crippen LogP contribution in [0.2, 0.25) is 0 Å². The molecule has 3 rings (SSSR count). The molecule has 1 fully saturated rings. The van der Waals surface area contributed by atoms with E-state index in [0.717, 1.165) is 24.0 Å². The van der Waals surface area contributed by atoms with Crippen molar-refractivity contribution in [3.63, 3.8) is 0 Å². The van der Waals surface area contributed by atoms with Gasteiger partial charge in [0, 0.05) is 18.8 Å². The van der Waals surface area contributed by atoms with Gasteiger partial charge in [-0.3, -0.25) is 4.79 Å². The molecule has 0 aliphatic heterocycles. The highest BCUT2D eigenvalue weighted by molar-refractivity contribution is 5.66. The quantitative estimate of drug-likeness (QED) is 0.880. The Morgan fingerprint density at radius 3 is 1.91 bits per heavy atom. The number of carbonyl (C=O) groups is 1. The van der Waals surface area contributed by atoms with Crippen LogP contribution in [-0.2, 0) is 9.53 Å². The van der Waals surface area contributed by atoms with E-state index in [2.05, 4.69) is 0 Å². The highest BCUT2D eigenvalue weighted by atomic mass is 16.6. The summed E-state index contributed by atoms with van der Waals surface area (Å²) in [6.07, 6.45) is 0.565. The zero-order valence-electron chi connectivity index (χ0n) is 13.3. The number of ether oxygens (including phenoxy) is 1. The van der Waals surface area contributed by atoms with E-state index in [1.54, 1.807) is 0 Å². The molecular formula is C20H22O3. The fourth-order valence-corrected chi connectivity index (χ4v) is 3.63. The van der Waals surface area contributed by atoms with E-state index in [-0.39, 0.29) is 17.8 Å². The molecule has 3 heteroatoms. The molecule has 3 nitrogen and oxygen atoms in total. The molecule has 0 saturated heterocycles. The highest BCUT2D eigenvalue weighted by Gasteiger charge is 2.41. The molecule has 0 bridgehead atoms. The summed E-state index contributed by atoms with van der Waals surface area (Å²) in [6.45, 7) is 1.40. The number of esters is 1. The van der Waals surface area contributed by atoms with Gasteiger partial charge in [-0.05, 0) is 24.0 Å². The summed E-state index contributed by atoms with van der Waals surface area (Å²) in [6, 6.07) is 20.0. The molecule has 0 radical (unpaired) electrons. The second kappa shape index (κ2) is 6.97. The first-order valence-corrected chi connectivity index (χ1v) is 8.12. The van der Waals surface area contributed by atoms with Gasteiger partial charge < -0.3 is 9.84 Å². The van der Waals surface area contributed by atoms with Crippen molar-refractivity contribution in [2.24, 2.45) is 0 Å². The predicted octanol–water partition coefficient (Wildman–Crippen LogP) is 3.64. The molecule has 0 heterocycles. The van der Waals surface area contributed by atoms with E-state index in [9.17, 15) is 9.90 Å². The van der Waals surface area contributed by atoms with Crippen molar-refractivity contribution >= 4 is 5.97 Å². The first-order chi connectivity index (χ1) is 11.2. The van der Waals surface area contributed by atoms with Gasteiger partial charge in [0.1, 0.15) is 6.10 Å². The van der Waals surface area contributed by atoms with Crippen LogP contribution in [0.5, 0.6) is 0 Å². The molecule has 2 aromatic carbocycles. The van der Waals surface area contributed by atoms with Crippen molar-refractivity contribution in [1.29, 1.82) is 0 Å². The number of hydrogen-bond acceptors (Lipinski definition) is 3. The summed E-state index contributed by atoms with van der Waals surface area (Å²) in [4.78, 5) is 11.5. The minimum absolute atomic E-state index is 0.000474. The van der Waals surface area contributed by atoms with Crippen molar-refractivity contribution in [2.75, 3.05) is 0 Å². The average molecular weight is 310 g/mol. The lowest BCUT2D eigenvalue weighted by Crippen LogP contribution is -2.43. The molecule has 4 atom stereocenters. The molecule has 0 unspecified atom stereocenters. The molecule has 1 saturated carbocycles. The van der Waals surface area contributed by atoms with E-state index in [1.807, 2.05) is 60.7 Å². The minimum atomic E-state index is -0.694. The van der Waals surface area contributed by atoms with Crippen molar-refractivity contribution in [2.45, 2.75) is 43.8 Å². The van der Waals surface area contributed by atoms with Crippen LogP contribution in [0.4, 0.5) is 0 Å². The molecule has 1 aliphatic rings. The van der Waals surface area contributed by atoms with Gasteiger partial charge >= 0.3 is 5.97 Å². The summed E-state index contributed by atoms with van der Waals surface area (Å²) in [5.74, 6) is -0.306. The summed E-state index contributed by atoms with van der Waals surface area (Å²) in [5, 5.41) is 10.9. The maximum absolute atomic E-state index is 11.5. The average Bonchev–Trinajstić information content (AvgIpc) is 2.58. The maximum atomic E-state index is 11.5. The van der Waals surface area contributed by atoms with Crippen LogP contribution < -0.4 is 0 Å². The fraction of sp³-hybridized carbons (Fsp3) is 0.350. The van der Waals surface area contributed by atoms with Crippen molar-refractivity contribution < 1.29 is 14.6 Å². The van der Waals surface area contributed by atoms with Crippen molar-refractivity contribution in [3.05, 3.63) is 71.8 Å². The van der Waals surface area contributed by atoms with Gasteiger partial charge in [-0.1, -0.05) is 60.7 Å². The maximum Gasteiger partial charge on any atom is 0.303 e. The van der Waals surface area contributed by atoms with Gasteiger partial charge in [0.2, 0.25) is 0 Å². The molecule has 0 aromatic heterocycles. The Balaban J connectivity index is 1.89. The number of aliphatic hydroxyl groups excluding tert-OH is 1. The molecule has 23 heavy (non-hydrogen) atoms. The zero-order valence-corrected chi connectivity index (χ0v) is 13.3. The predicted molar refractivity (Wildman–Crippen MR) is 89.2 cm³/mol. The standard InChI is InChI=1S/C20H22O3/c1-14(21)23-20-18(16-10-6-3-7-11-16)13-12-17(19(20)22)15-8-4-2-5-9-15/h2-11,17-20,22H,12-13H2,1H3/t17-,18+,19+,20+/m1/s1. The smallest absolute Gasteiger partial charge is 0.303 e. The van der Waals surface area contributed by atoms with Crippen LogP contribution in [-0.4, -0.2) is 23.3 Å². The Labute approximate surface area is 136 Å². The van der Waals surface area contributed by atoms with Gasteiger partial charge in [-0.15, -0.1) is 0 Å². The third kappa shape index (κ3) is 3.45. The van der Waals surface area contributed by atoms with Crippen LogP contribution in [0.15, 0.2) is 60.7 Å². The lowest BCUT2D eigenvalue weighted by atomic mass is 9.72. The SMILES string of the molecule is CC(=O)O[C@@H]1[C@@H](O)[C@@H](c2ccccc2)CC[C@H]1c1ccccc1. The molecule has 1 N–H and O–H groups in total. The Hall–Kier alpha value is -2.13. The van der Waals surface area contributed by atoms with Crippen LogP contribution in [0.25, 0.3) is 0 Å². The lowest BCUT2D eigenvalue weighted by Gasteiger charge is -2.40. The number of aliphatic hydroxyl groups is 1. The second-order valence-electron chi connectivity index (χ2n) is 6.18. The topological polar surface area (TPSA) is 46.5 Å². The van der Waals surface area contributed by atoms with E-state index >= 15 is 0 Å². The Morgan fingerprint density at radius 2 is 1.39 bits per heavy atom. The normalized spacial score (nSPS) is 27.4. The molecule has 0 spiro atoms. The summed E-state index contributed by atoms with van der Waals surface area (Å²) in [7, 11) is 0.